The van der Waals surface area contributed by atoms with Gasteiger partial charge in [0.1, 0.15) is 5.76 Å². The first-order valence-electron chi connectivity index (χ1n) is 4.44. The molecule has 0 spiro atoms. The summed E-state index contributed by atoms with van der Waals surface area (Å²) in [6, 6.07) is 6.18. The van der Waals surface area contributed by atoms with Crippen molar-refractivity contribution in [3.63, 3.8) is 0 Å². The average Bonchev–Trinajstić information content (AvgIpc) is 2.84. The molecule has 0 aliphatic heterocycles. The Bertz CT molecular complexity index is 297. The zero-order valence-electron chi connectivity index (χ0n) is 7.27. The molecule has 68 valence electrons. The van der Waals surface area contributed by atoms with Crippen LogP contribution in [0.25, 0.3) is 0 Å². The Morgan fingerprint density at radius 2 is 2.54 bits per heavy atom. The number of thioether (sulfide) groups is 1. The van der Waals surface area contributed by atoms with Crippen LogP contribution < -0.4 is 0 Å². The van der Waals surface area contributed by atoms with Crippen LogP contribution in [0.3, 0.4) is 0 Å². The lowest BCUT2D eigenvalue weighted by Gasteiger charge is -2.04. The molecule has 1 unspecified atom stereocenters. The van der Waals surface area contributed by atoms with Crippen LogP contribution in [0.4, 0.5) is 0 Å². The minimum Gasteiger partial charge on any atom is -0.468 e. The van der Waals surface area contributed by atoms with Gasteiger partial charge >= 0.3 is 0 Å². The zero-order chi connectivity index (χ0) is 9.10. The molecule has 0 N–H and O–H groups in total. The summed E-state index contributed by atoms with van der Waals surface area (Å²) in [6.07, 6.45) is 4.13. The lowest BCUT2D eigenvalue weighted by atomic mass is 10.3. The van der Waals surface area contributed by atoms with Crippen LogP contribution in [0, 0.1) is 17.2 Å². The van der Waals surface area contributed by atoms with Crippen molar-refractivity contribution >= 4 is 11.8 Å². The summed E-state index contributed by atoms with van der Waals surface area (Å²) >= 11 is 1.69. The maximum atomic E-state index is 8.86. The molecule has 3 heteroatoms. The van der Waals surface area contributed by atoms with Gasteiger partial charge in [0.2, 0.25) is 0 Å². The molecule has 1 saturated carbocycles. The molecule has 13 heavy (non-hydrogen) atoms. The highest BCUT2D eigenvalue weighted by Gasteiger charge is 2.31. The van der Waals surface area contributed by atoms with Crippen molar-refractivity contribution < 1.29 is 4.42 Å². The van der Waals surface area contributed by atoms with E-state index >= 15 is 0 Å². The lowest BCUT2D eigenvalue weighted by molar-refractivity contribution is 0.530. The molecular weight excluding hydrogens is 182 g/mol. The molecule has 2 rings (SSSR count). The van der Waals surface area contributed by atoms with Gasteiger partial charge in [-0.2, -0.15) is 5.26 Å². The molecule has 1 aliphatic rings. The third-order valence-corrected chi connectivity index (χ3v) is 3.46. The van der Waals surface area contributed by atoms with Crippen LogP contribution >= 0.6 is 11.8 Å². The Hall–Kier alpha value is -0.880. The Morgan fingerprint density at radius 1 is 1.69 bits per heavy atom. The molecule has 0 saturated heterocycles. The highest BCUT2D eigenvalue weighted by Crippen LogP contribution is 2.39. The largest absolute Gasteiger partial charge is 0.468 e. The fourth-order valence-corrected chi connectivity index (χ4v) is 2.37. The van der Waals surface area contributed by atoms with Crippen molar-refractivity contribution in [1.29, 1.82) is 5.26 Å². The van der Waals surface area contributed by atoms with E-state index in [4.69, 9.17) is 9.68 Å². The standard InChI is InChI=1S/C10H11NOS/c11-6-10(8-3-4-8)13-7-9-2-1-5-12-9/h1-2,5,8,10H,3-4,7H2. The monoisotopic (exact) mass is 193 g/mol. The number of hydrogen-bond donors (Lipinski definition) is 0. The second kappa shape index (κ2) is 3.89. The van der Waals surface area contributed by atoms with Crippen LogP contribution in [-0.4, -0.2) is 5.25 Å². The van der Waals surface area contributed by atoms with Gasteiger partial charge in [-0.05, 0) is 30.9 Å². The molecule has 1 aromatic heterocycles. The number of hydrogen-bond acceptors (Lipinski definition) is 3. The van der Waals surface area contributed by atoms with Gasteiger partial charge in [-0.25, -0.2) is 0 Å². The summed E-state index contributed by atoms with van der Waals surface area (Å²) in [5.74, 6) is 2.43. The van der Waals surface area contributed by atoms with Crippen LogP contribution in [0.2, 0.25) is 0 Å². The number of furan rings is 1. The van der Waals surface area contributed by atoms with Gasteiger partial charge in [-0.1, -0.05) is 0 Å². The molecule has 0 aromatic carbocycles. The van der Waals surface area contributed by atoms with Gasteiger partial charge < -0.3 is 4.42 Å². The fourth-order valence-electron chi connectivity index (χ4n) is 1.24. The summed E-state index contributed by atoms with van der Waals surface area (Å²) in [7, 11) is 0. The van der Waals surface area contributed by atoms with Crippen LogP contribution in [0.1, 0.15) is 18.6 Å². The first-order chi connectivity index (χ1) is 6.40. The van der Waals surface area contributed by atoms with Crippen LogP contribution in [0.15, 0.2) is 22.8 Å². The quantitative estimate of drug-likeness (QED) is 0.737. The topological polar surface area (TPSA) is 36.9 Å². The predicted octanol–water partition coefficient (Wildman–Crippen LogP) is 2.81. The lowest BCUT2D eigenvalue weighted by Crippen LogP contribution is -2.01. The smallest absolute Gasteiger partial charge is 0.113 e. The second-order valence-electron chi connectivity index (χ2n) is 3.28. The summed E-state index contributed by atoms with van der Waals surface area (Å²) in [4.78, 5) is 0. The first-order valence-corrected chi connectivity index (χ1v) is 5.48. The van der Waals surface area contributed by atoms with Crippen molar-refractivity contribution in [1.82, 2.24) is 0 Å². The summed E-state index contributed by atoms with van der Waals surface area (Å²) in [5.41, 5.74) is 0. The van der Waals surface area contributed by atoms with E-state index in [2.05, 4.69) is 6.07 Å². The van der Waals surface area contributed by atoms with E-state index < -0.39 is 0 Å². The Labute approximate surface area is 81.9 Å². The maximum absolute atomic E-state index is 8.86. The van der Waals surface area contributed by atoms with Crippen molar-refractivity contribution in [2.45, 2.75) is 23.8 Å². The van der Waals surface area contributed by atoms with E-state index in [9.17, 15) is 0 Å². The van der Waals surface area contributed by atoms with Crippen molar-refractivity contribution in [2.75, 3.05) is 0 Å². The van der Waals surface area contributed by atoms with Crippen molar-refractivity contribution in [3.05, 3.63) is 24.2 Å². The molecule has 0 radical (unpaired) electrons. The Balaban J connectivity index is 1.81. The molecule has 1 aromatic rings. The summed E-state index contributed by atoms with van der Waals surface area (Å²) in [5, 5.41) is 9.04. The van der Waals surface area contributed by atoms with E-state index in [1.807, 2.05) is 12.1 Å². The van der Waals surface area contributed by atoms with E-state index in [0.29, 0.717) is 5.92 Å². The average molecular weight is 193 g/mol. The molecule has 1 aliphatic carbocycles. The highest BCUT2D eigenvalue weighted by molar-refractivity contribution is 7.99. The van der Waals surface area contributed by atoms with Gasteiger partial charge in [0.15, 0.2) is 0 Å². The van der Waals surface area contributed by atoms with Gasteiger partial charge in [0.25, 0.3) is 0 Å². The van der Waals surface area contributed by atoms with Gasteiger partial charge in [-0.3, -0.25) is 0 Å². The molecule has 1 fully saturated rings. The van der Waals surface area contributed by atoms with Gasteiger partial charge in [0.05, 0.1) is 23.3 Å². The third-order valence-electron chi connectivity index (χ3n) is 2.16. The minimum absolute atomic E-state index is 0.171. The normalized spacial score (nSPS) is 18.1. The molecule has 0 bridgehead atoms. The van der Waals surface area contributed by atoms with E-state index in [0.717, 1.165) is 11.5 Å². The molecule has 2 nitrogen and oxygen atoms in total. The Kier molecular flexibility index (Phi) is 2.60. The molecule has 0 amide bonds. The SMILES string of the molecule is N#CC(SCc1ccco1)C1CC1. The third kappa shape index (κ3) is 2.28. The van der Waals surface area contributed by atoms with E-state index in [1.54, 1.807) is 18.0 Å². The number of nitriles is 1. The van der Waals surface area contributed by atoms with E-state index in [-0.39, 0.29) is 5.25 Å². The van der Waals surface area contributed by atoms with Crippen molar-refractivity contribution in [3.8, 4) is 6.07 Å². The van der Waals surface area contributed by atoms with E-state index in [1.165, 1.54) is 12.8 Å². The predicted molar refractivity (Wildman–Crippen MR) is 52.1 cm³/mol. The molecular formula is C10H11NOS. The Morgan fingerprint density at radius 3 is 3.08 bits per heavy atom. The van der Waals surface area contributed by atoms with Gasteiger partial charge in [-0.15, -0.1) is 11.8 Å². The first kappa shape index (κ1) is 8.71. The zero-order valence-corrected chi connectivity index (χ0v) is 8.09. The number of rotatable bonds is 4. The minimum atomic E-state index is 0.171. The number of nitrogens with zero attached hydrogens (tertiary/aromatic N) is 1. The van der Waals surface area contributed by atoms with Crippen LogP contribution in [0.5, 0.6) is 0 Å². The van der Waals surface area contributed by atoms with Crippen LogP contribution in [-0.2, 0) is 5.75 Å². The van der Waals surface area contributed by atoms with Crippen molar-refractivity contribution in [2.24, 2.45) is 5.92 Å². The van der Waals surface area contributed by atoms with Gasteiger partial charge in [0, 0.05) is 0 Å². The molecule has 1 heterocycles. The molecule has 1 atom stereocenters. The summed E-state index contributed by atoms with van der Waals surface area (Å²) in [6.45, 7) is 0. The highest BCUT2D eigenvalue weighted by atomic mass is 32.2. The summed E-state index contributed by atoms with van der Waals surface area (Å²) < 4.78 is 5.20. The maximum Gasteiger partial charge on any atom is 0.113 e. The second-order valence-corrected chi connectivity index (χ2v) is 4.41. The fraction of sp³-hybridized carbons (Fsp3) is 0.500.